The minimum absolute atomic E-state index is 0.0314. The molecule has 0 fully saturated rings. The largest absolute Gasteiger partial charge is 0.481 e. The van der Waals surface area contributed by atoms with Gasteiger partial charge in [-0.15, -0.1) is 0 Å². The maximum Gasteiger partial charge on any atom is 0.303 e. The number of benzene rings is 1. The van der Waals surface area contributed by atoms with Crippen molar-refractivity contribution in [2.24, 2.45) is 0 Å². The number of amides is 1. The molecule has 1 atom stereocenters. The van der Waals surface area contributed by atoms with E-state index in [0.717, 1.165) is 11.4 Å². The molecule has 0 bridgehead atoms. The lowest BCUT2D eigenvalue weighted by molar-refractivity contribution is -0.137. The van der Waals surface area contributed by atoms with E-state index in [1.807, 2.05) is 31.2 Å². The number of hydrogen-bond acceptors (Lipinski definition) is 3. The van der Waals surface area contributed by atoms with Crippen LogP contribution in [0, 0.1) is 0 Å². The second kappa shape index (κ2) is 7.41. The van der Waals surface area contributed by atoms with E-state index in [1.54, 1.807) is 6.92 Å². The molecule has 1 rings (SSSR count). The molecule has 1 aromatic rings. The van der Waals surface area contributed by atoms with E-state index in [9.17, 15) is 9.59 Å². The van der Waals surface area contributed by atoms with Gasteiger partial charge in [-0.25, -0.2) is 0 Å². The van der Waals surface area contributed by atoms with Crippen LogP contribution in [0.15, 0.2) is 24.3 Å². The maximum absolute atomic E-state index is 11.3. The molecule has 1 aromatic carbocycles. The first-order valence-electron chi connectivity index (χ1n) is 6.39. The number of hydrogen-bond donors (Lipinski definition) is 3. The van der Waals surface area contributed by atoms with Crippen LogP contribution < -0.4 is 10.6 Å². The Morgan fingerprint density at radius 2 is 2.00 bits per heavy atom. The molecule has 104 valence electrons. The number of carboxylic acids is 1. The van der Waals surface area contributed by atoms with Gasteiger partial charge in [-0.1, -0.05) is 13.0 Å². The summed E-state index contributed by atoms with van der Waals surface area (Å²) in [5, 5.41) is 14.6. The summed E-state index contributed by atoms with van der Waals surface area (Å²) in [6, 6.07) is 7.45. The molecule has 19 heavy (non-hydrogen) atoms. The topological polar surface area (TPSA) is 78.4 Å². The Kier molecular flexibility index (Phi) is 5.85. The summed E-state index contributed by atoms with van der Waals surface area (Å²) < 4.78 is 0. The standard InChI is InChI=1S/C14H20N2O3/c1-3-13(17)16-12-6-4-5-11(9-12)15-10(2)7-8-14(18)19/h4-6,9-10,15H,3,7-8H2,1-2H3,(H,16,17)(H,18,19). The average molecular weight is 264 g/mol. The van der Waals surface area contributed by atoms with E-state index in [2.05, 4.69) is 10.6 Å². The van der Waals surface area contributed by atoms with Crippen molar-refractivity contribution in [2.75, 3.05) is 10.6 Å². The highest BCUT2D eigenvalue weighted by atomic mass is 16.4. The van der Waals surface area contributed by atoms with Gasteiger partial charge in [0, 0.05) is 30.3 Å². The van der Waals surface area contributed by atoms with Gasteiger partial charge in [0.25, 0.3) is 0 Å². The van der Waals surface area contributed by atoms with Crippen molar-refractivity contribution in [3.8, 4) is 0 Å². The number of anilines is 2. The summed E-state index contributed by atoms with van der Waals surface area (Å²) in [6.45, 7) is 3.73. The molecule has 0 spiro atoms. The van der Waals surface area contributed by atoms with Gasteiger partial charge >= 0.3 is 5.97 Å². The third-order valence-electron chi connectivity index (χ3n) is 2.67. The van der Waals surface area contributed by atoms with Crippen molar-refractivity contribution >= 4 is 23.3 Å². The molecular weight excluding hydrogens is 244 g/mol. The van der Waals surface area contributed by atoms with Gasteiger partial charge in [0.2, 0.25) is 5.91 Å². The quantitative estimate of drug-likeness (QED) is 0.707. The van der Waals surface area contributed by atoms with Crippen LogP contribution in [0.25, 0.3) is 0 Å². The number of nitrogens with one attached hydrogen (secondary N) is 2. The van der Waals surface area contributed by atoms with Gasteiger partial charge in [0.05, 0.1) is 0 Å². The first-order valence-corrected chi connectivity index (χ1v) is 6.39. The van der Waals surface area contributed by atoms with E-state index in [1.165, 1.54) is 0 Å². The zero-order chi connectivity index (χ0) is 14.3. The highest BCUT2D eigenvalue weighted by Crippen LogP contribution is 2.17. The van der Waals surface area contributed by atoms with Crippen LogP contribution in [0.4, 0.5) is 11.4 Å². The van der Waals surface area contributed by atoms with E-state index < -0.39 is 5.97 Å². The maximum atomic E-state index is 11.3. The predicted molar refractivity (Wildman–Crippen MR) is 75.3 cm³/mol. The van der Waals surface area contributed by atoms with Gasteiger partial charge < -0.3 is 15.7 Å². The molecule has 5 heteroatoms. The second-order valence-corrected chi connectivity index (χ2v) is 4.46. The number of carbonyl (C=O) groups is 2. The van der Waals surface area contributed by atoms with Crippen LogP contribution >= 0.6 is 0 Å². The highest BCUT2D eigenvalue weighted by molar-refractivity contribution is 5.90. The first kappa shape index (κ1) is 15.0. The summed E-state index contributed by atoms with van der Waals surface area (Å²) in [5.74, 6) is -0.825. The minimum Gasteiger partial charge on any atom is -0.481 e. The van der Waals surface area contributed by atoms with Gasteiger partial charge in [0.15, 0.2) is 0 Å². The van der Waals surface area contributed by atoms with Crippen molar-refractivity contribution in [3.05, 3.63) is 24.3 Å². The molecule has 0 saturated heterocycles. The molecule has 0 aromatic heterocycles. The summed E-state index contributed by atoms with van der Waals surface area (Å²) in [4.78, 5) is 21.8. The summed E-state index contributed by atoms with van der Waals surface area (Å²) in [7, 11) is 0. The zero-order valence-electron chi connectivity index (χ0n) is 11.3. The van der Waals surface area contributed by atoms with Crippen LogP contribution in [0.2, 0.25) is 0 Å². The Hall–Kier alpha value is -2.04. The number of carboxylic acid groups (broad SMARTS) is 1. The monoisotopic (exact) mass is 264 g/mol. The molecule has 0 aliphatic heterocycles. The lowest BCUT2D eigenvalue weighted by Crippen LogP contribution is -2.17. The lowest BCUT2D eigenvalue weighted by Gasteiger charge is -2.15. The SMILES string of the molecule is CCC(=O)Nc1cccc(NC(C)CCC(=O)O)c1. The Morgan fingerprint density at radius 3 is 2.63 bits per heavy atom. The van der Waals surface area contributed by atoms with Crippen molar-refractivity contribution in [1.29, 1.82) is 0 Å². The Labute approximate surface area is 113 Å². The number of aliphatic carboxylic acids is 1. The minimum atomic E-state index is -0.794. The highest BCUT2D eigenvalue weighted by Gasteiger charge is 2.06. The fourth-order valence-corrected chi connectivity index (χ4v) is 1.63. The van der Waals surface area contributed by atoms with E-state index >= 15 is 0 Å². The average Bonchev–Trinajstić information content (AvgIpc) is 2.36. The van der Waals surface area contributed by atoms with Crippen molar-refractivity contribution in [1.82, 2.24) is 0 Å². The molecule has 0 radical (unpaired) electrons. The molecule has 5 nitrogen and oxygen atoms in total. The zero-order valence-corrected chi connectivity index (χ0v) is 11.3. The van der Waals surface area contributed by atoms with E-state index in [-0.39, 0.29) is 18.4 Å². The molecule has 0 aliphatic rings. The van der Waals surface area contributed by atoms with Gasteiger partial charge in [-0.05, 0) is 31.5 Å². The number of rotatable bonds is 7. The Balaban J connectivity index is 2.56. The predicted octanol–water partition coefficient (Wildman–Crippen LogP) is 2.70. The summed E-state index contributed by atoms with van der Waals surface area (Å²) in [5.41, 5.74) is 1.61. The molecule has 1 amide bonds. The van der Waals surface area contributed by atoms with Crippen LogP contribution in [0.5, 0.6) is 0 Å². The summed E-state index contributed by atoms with van der Waals surface area (Å²) >= 11 is 0. The molecule has 0 heterocycles. The van der Waals surface area contributed by atoms with Crippen LogP contribution in [0.1, 0.15) is 33.1 Å². The normalized spacial score (nSPS) is 11.7. The van der Waals surface area contributed by atoms with E-state index in [0.29, 0.717) is 12.8 Å². The van der Waals surface area contributed by atoms with Gasteiger partial charge in [-0.2, -0.15) is 0 Å². The smallest absolute Gasteiger partial charge is 0.303 e. The lowest BCUT2D eigenvalue weighted by atomic mass is 10.1. The number of carbonyl (C=O) groups excluding carboxylic acids is 1. The van der Waals surface area contributed by atoms with Crippen molar-refractivity contribution in [3.63, 3.8) is 0 Å². The van der Waals surface area contributed by atoms with Gasteiger partial charge in [-0.3, -0.25) is 9.59 Å². The van der Waals surface area contributed by atoms with Crippen LogP contribution in [0.3, 0.4) is 0 Å². The second-order valence-electron chi connectivity index (χ2n) is 4.46. The third-order valence-corrected chi connectivity index (χ3v) is 2.67. The fraction of sp³-hybridized carbons (Fsp3) is 0.429. The summed E-state index contributed by atoms with van der Waals surface area (Å²) in [6.07, 6.45) is 1.13. The van der Waals surface area contributed by atoms with Crippen molar-refractivity contribution < 1.29 is 14.7 Å². The Bertz CT molecular complexity index is 446. The first-order chi connectivity index (χ1) is 9.01. The van der Waals surface area contributed by atoms with Crippen LogP contribution in [-0.4, -0.2) is 23.0 Å². The molecule has 0 aliphatic carbocycles. The van der Waals surface area contributed by atoms with Crippen molar-refractivity contribution in [2.45, 2.75) is 39.2 Å². The molecule has 3 N–H and O–H groups in total. The third kappa shape index (κ3) is 5.90. The molecule has 1 unspecified atom stereocenters. The van der Waals surface area contributed by atoms with Crippen LogP contribution in [-0.2, 0) is 9.59 Å². The fourth-order valence-electron chi connectivity index (χ4n) is 1.63. The molecule has 0 saturated carbocycles. The Morgan fingerprint density at radius 1 is 1.32 bits per heavy atom. The molecular formula is C14H20N2O3. The van der Waals surface area contributed by atoms with E-state index in [4.69, 9.17) is 5.11 Å². The van der Waals surface area contributed by atoms with Gasteiger partial charge in [0.1, 0.15) is 0 Å².